The minimum absolute atomic E-state index is 0.115. The molecular weight excluding hydrogens is 517 g/mol. The highest BCUT2D eigenvalue weighted by Crippen LogP contribution is 2.36. The molecular formula is C28H25Cl2NO6. The van der Waals surface area contributed by atoms with E-state index in [2.05, 4.69) is 5.32 Å². The Hall–Kier alpha value is -3.68. The van der Waals surface area contributed by atoms with Crippen LogP contribution in [0, 0.1) is 6.92 Å². The van der Waals surface area contributed by atoms with Gasteiger partial charge < -0.3 is 23.9 Å². The number of fused-ring (bicyclic) bond motifs is 1. The largest absolute Gasteiger partial charge is 0.493 e. The molecule has 0 spiro atoms. The van der Waals surface area contributed by atoms with E-state index in [9.17, 15) is 9.59 Å². The minimum Gasteiger partial charge on any atom is -0.493 e. The van der Waals surface area contributed by atoms with E-state index in [-0.39, 0.29) is 23.5 Å². The summed E-state index contributed by atoms with van der Waals surface area (Å²) >= 11 is 12.6. The number of benzene rings is 3. The molecule has 0 aliphatic rings. The lowest BCUT2D eigenvalue weighted by Crippen LogP contribution is -2.31. The van der Waals surface area contributed by atoms with Crippen LogP contribution in [-0.2, 0) is 11.2 Å². The average Bonchev–Trinajstić information content (AvgIpc) is 2.89. The van der Waals surface area contributed by atoms with Gasteiger partial charge in [0, 0.05) is 17.1 Å². The van der Waals surface area contributed by atoms with Crippen LogP contribution in [0.4, 0.5) is 0 Å². The number of rotatable bonds is 9. The molecule has 3 aromatic carbocycles. The summed E-state index contributed by atoms with van der Waals surface area (Å²) in [4.78, 5) is 25.9. The summed E-state index contributed by atoms with van der Waals surface area (Å²) in [6.07, 6.45) is 0.562. The van der Waals surface area contributed by atoms with E-state index in [4.69, 9.17) is 41.8 Å². The van der Waals surface area contributed by atoms with Crippen molar-refractivity contribution in [1.82, 2.24) is 5.32 Å². The summed E-state index contributed by atoms with van der Waals surface area (Å²) in [5, 5.41) is 3.84. The number of carbonyl (C=O) groups excluding carboxylic acids is 1. The first-order chi connectivity index (χ1) is 17.8. The van der Waals surface area contributed by atoms with Gasteiger partial charge in [-0.2, -0.15) is 0 Å². The van der Waals surface area contributed by atoms with Gasteiger partial charge in [-0.1, -0.05) is 41.4 Å². The van der Waals surface area contributed by atoms with Gasteiger partial charge in [0.2, 0.25) is 11.2 Å². The number of hydrogen-bond acceptors (Lipinski definition) is 6. The Labute approximate surface area is 223 Å². The van der Waals surface area contributed by atoms with E-state index in [1.54, 1.807) is 44.6 Å². The molecule has 4 aromatic rings. The highest BCUT2D eigenvalue weighted by atomic mass is 35.5. The maximum absolute atomic E-state index is 13.4. The molecule has 192 valence electrons. The lowest BCUT2D eigenvalue weighted by atomic mass is 10.1. The van der Waals surface area contributed by atoms with Gasteiger partial charge >= 0.3 is 0 Å². The molecule has 0 aliphatic carbocycles. The summed E-state index contributed by atoms with van der Waals surface area (Å²) in [5.41, 5.74) is 2.08. The molecule has 0 fully saturated rings. The third-order valence-electron chi connectivity index (χ3n) is 5.78. The van der Waals surface area contributed by atoms with Gasteiger partial charge in [-0.15, -0.1) is 0 Å². The van der Waals surface area contributed by atoms with Crippen LogP contribution in [0.2, 0.25) is 10.0 Å². The Morgan fingerprint density at radius 2 is 1.73 bits per heavy atom. The molecule has 0 atom stereocenters. The van der Waals surface area contributed by atoms with Gasteiger partial charge in [0.05, 0.1) is 24.6 Å². The molecule has 1 heterocycles. The van der Waals surface area contributed by atoms with Crippen molar-refractivity contribution in [1.29, 1.82) is 0 Å². The van der Waals surface area contributed by atoms with Crippen LogP contribution in [0.3, 0.4) is 0 Å². The van der Waals surface area contributed by atoms with Crippen LogP contribution in [0.1, 0.15) is 11.1 Å². The van der Waals surface area contributed by atoms with Gasteiger partial charge in [-0.3, -0.25) is 9.59 Å². The summed E-state index contributed by atoms with van der Waals surface area (Å²) in [5.74, 6) is 0.870. The smallest absolute Gasteiger partial charge is 0.257 e. The second-order valence-corrected chi connectivity index (χ2v) is 9.06. The fourth-order valence-electron chi connectivity index (χ4n) is 3.82. The molecule has 0 radical (unpaired) electrons. The maximum Gasteiger partial charge on any atom is 0.257 e. The predicted octanol–water partition coefficient (Wildman–Crippen LogP) is 5.83. The molecule has 4 rings (SSSR count). The monoisotopic (exact) mass is 541 g/mol. The Bertz CT molecular complexity index is 1520. The summed E-state index contributed by atoms with van der Waals surface area (Å²) in [7, 11) is 3.14. The quantitative estimate of drug-likeness (QED) is 0.287. The van der Waals surface area contributed by atoms with Crippen molar-refractivity contribution in [3.63, 3.8) is 0 Å². The first-order valence-electron chi connectivity index (χ1n) is 11.4. The fraction of sp³-hybridized carbons (Fsp3) is 0.214. The van der Waals surface area contributed by atoms with Gasteiger partial charge in [0.25, 0.3) is 5.91 Å². The number of nitrogens with one attached hydrogen (secondary N) is 1. The van der Waals surface area contributed by atoms with E-state index in [1.165, 1.54) is 6.07 Å². The summed E-state index contributed by atoms with van der Waals surface area (Å²) in [6, 6.07) is 15.7. The molecule has 0 bridgehead atoms. The van der Waals surface area contributed by atoms with E-state index in [0.717, 1.165) is 11.1 Å². The number of ether oxygens (including phenoxy) is 3. The first-order valence-corrected chi connectivity index (χ1v) is 12.2. The van der Waals surface area contributed by atoms with Crippen molar-refractivity contribution in [3.8, 4) is 28.6 Å². The molecule has 0 saturated heterocycles. The zero-order valence-corrected chi connectivity index (χ0v) is 22.0. The minimum atomic E-state index is -0.448. The zero-order chi connectivity index (χ0) is 26.5. The van der Waals surface area contributed by atoms with Crippen molar-refractivity contribution >= 4 is 40.1 Å². The number of amides is 1. The molecule has 7 nitrogen and oxygen atoms in total. The Balaban J connectivity index is 1.53. The second-order valence-electron chi connectivity index (χ2n) is 8.24. The number of methoxy groups -OCH3 is 2. The van der Waals surface area contributed by atoms with Crippen molar-refractivity contribution in [3.05, 3.63) is 86.0 Å². The van der Waals surface area contributed by atoms with Gasteiger partial charge in [0.1, 0.15) is 5.58 Å². The lowest BCUT2D eigenvalue weighted by Gasteiger charge is -2.13. The highest BCUT2D eigenvalue weighted by Gasteiger charge is 2.21. The summed E-state index contributed by atoms with van der Waals surface area (Å²) < 4.78 is 22.4. The average molecular weight is 542 g/mol. The molecule has 1 amide bonds. The first kappa shape index (κ1) is 26.4. The normalized spacial score (nSPS) is 10.8. The van der Waals surface area contributed by atoms with E-state index in [0.29, 0.717) is 45.7 Å². The van der Waals surface area contributed by atoms with E-state index >= 15 is 0 Å². The summed E-state index contributed by atoms with van der Waals surface area (Å²) in [6.45, 7) is 1.78. The molecule has 0 unspecified atom stereocenters. The van der Waals surface area contributed by atoms with Crippen molar-refractivity contribution in [2.45, 2.75) is 13.3 Å². The molecule has 1 N–H and O–H groups in total. The zero-order valence-electron chi connectivity index (χ0n) is 20.5. The van der Waals surface area contributed by atoms with Crippen LogP contribution in [0.5, 0.6) is 17.2 Å². The third kappa shape index (κ3) is 5.84. The topological polar surface area (TPSA) is 87.0 Å². The molecule has 37 heavy (non-hydrogen) atoms. The van der Waals surface area contributed by atoms with Gasteiger partial charge in [0.15, 0.2) is 23.9 Å². The molecule has 9 heteroatoms. The number of carbonyl (C=O) groups is 1. The fourth-order valence-corrected chi connectivity index (χ4v) is 4.21. The van der Waals surface area contributed by atoms with Crippen LogP contribution in [0.25, 0.3) is 22.3 Å². The van der Waals surface area contributed by atoms with Crippen molar-refractivity contribution < 1.29 is 23.4 Å². The van der Waals surface area contributed by atoms with Crippen molar-refractivity contribution in [2.75, 3.05) is 27.4 Å². The molecule has 1 aromatic heterocycles. The standard InChI is InChI=1S/C28H25Cl2NO6/c1-16-12-23-19(14-21(16)30)26(33)28(27(37-23)18-6-4-5-7-20(18)29)36-15-25(32)31-11-10-17-8-9-22(34-2)24(13-17)35-3/h4-9,12-14H,10-11,15H2,1-3H3,(H,31,32). The van der Waals surface area contributed by atoms with Crippen LogP contribution in [0.15, 0.2) is 63.8 Å². The Morgan fingerprint density at radius 1 is 0.973 bits per heavy atom. The number of aryl methyl sites for hydroxylation is 1. The maximum atomic E-state index is 13.4. The van der Waals surface area contributed by atoms with E-state index < -0.39 is 11.3 Å². The lowest BCUT2D eigenvalue weighted by molar-refractivity contribution is -0.123. The van der Waals surface area contributed by atoms with Gasteiger partial charge in [-0.25, -0.2) is 0 Å². The SMILES string of the molecule is COc1ccc(CCNC(=O)COc2c(-c3ccccc3Cl)oc3cc(C)c(Cl)cc3c2=O)cc1OC. The predicted molar refractivity (Wildman–Crippen MR) is 144 cm³/mol. The second kappa shape index (κ2) is 11.6. The molecule has 0 saturated carbocycles. The van der Waals surface area contributed by atoms with Crippen LogP contribution in [-0.4, -0.2) is 33.3 Å². The van der Waals surface area contributed by atoms with Crippen LogP contribution < -0.4 is 25.0 Å². The van der Waals surface area contributed by atoms with Crippen LogP contribution >= 0.6 is 23.2 Å². The number of halogens is 2. The number of hydrogen-bond donors (Lipinski definition) is 1. The molecule has 0 aliphatic heterocycles. The van der Waals surface area contributed by atoms with E-state index in [1.807, 2.05) is 25.1 Å². The highest BCUT2D eigenvalue weighted by molar-refractivity contribution is 6.33. The third-order valence-corrected chi connectivity index (χ3v) is 6.52. The van der Waals surface area contributed by atoms with Gasteiger partial charge in [-0.05, 0) is 60.9 Å². The Morgan fingerprint density at radius 3 is 2.46 bits per heavy atom. The van der Waals surface area contributed by atoms with Crippen molar-refractivity contribution in [2.24, 2.45) is 0 Å². The Kier molecular flexibility index (Phi) is 8.26.